The molecule has 0 aromatic carbocycles. The van der Waals surface area contributed by atoms with Crippen molar-refractivity contribution in [1.29, 1.82) is 0 Å². The van der Waals surface area contributed by atoms with E-state index in [-0.39, 0.29) is 18.6 Å². The predicted molar refractivity (Wildman–Crippen MR) is 43.9 cm³/mol. The van der Waals surface area contributed by atoms with Crippen molar-refractivity contribution in [2.45, 2.75) is 19.9 Å². The number of imide groups is 1. The SMILES string of the molecule is CC(C)[C@H]1COC(=O)N1C(=O)CO. The Morgan fingerprint density at radius 1 is 1.77 bits per heavy atom. The fourth-order valence-corrected chi connectivity index (χ4v) is 1.29. The van der Waals surface area contributed by atoms with Crippen LogP contribution in [0.25, 0.3) is 0 Å². The second kappa shape index (κ2) is 3.74. The van der Waals surface area contributed by atoms with Crippen molar-refractivity contribution in [3.05, 3.63) is 0 Å². The first-order valence-electron chi connectivity index (χ1n) is 4.17. The molecule has 1 heterocycles. The summed E-state index contributed by atoms with van der Waals surface area (Å²) in [5.74, 6) is -0.455. The Balaban J connectivity index is 2.77. The maximum Gasteiger partial charge on any atom is 0.417 e. The molecule has 5 nitrogen and oxygen atoms in total. The van der Waals surface area contributed by atoms with Gasteiger partial charge in [-0.25, -0.2) is 9.69 Å². The number of cyclic esters (lactones) is 1. The highest BCUT2D eigenvalue weighted by Crippen LogP contribution is 2.19. The first-order valence-corrected chi connectivity index (χ1v) is 4.17. The minimum Gasteiger partial charge on any atom is -0.447 e. The van der Waals surface area contributed by atoms with Gasteiger partial charge in [0, 0.05) is 0 Å². The van der Waals surface area contributed by atoms with Crippen LogP contribution in [0.5, 0.6) is 0 Å². The molecule has 0 aromatic rings. The third-order valence-corrected chi connectivity index (χ3v) is 2.08. The Kier molecular flexibility index (Phi) is 2.87. The second-order valence-corrected chi connectivity index (χ2v) is 3.31. The Hall–Kier alpha value is -1.10. The summed E-state index contributed by atoms with van der Waals surface area (Å²) in [6.07, 6.45) is -0.655. The van der Waals surface area contributed by atoms with Gasteiger partial charge in [-0.2, -0.15) is 0 Å². The van der Waals surface area contributed by atoms with Gasteiger partial charge in [0.25, 0.3) is 5.91 Å². The number of aliphatic hydroxyl groups excluding tert-OH is 1. The lowest BCUT2D eigenvalue weighted by Gasteiger charge is -2.21. The summed E-state index contributed by atoms with van der Waals surface area (Å²) in [5.41, 5.74) is 0. The van der Waals surface area contributed by atoms with Gasteiger partial charge in [-0.1, -0.05) is 13.8 Å². The minimum absolute atomic E-state index is 0.141. The molecule has 0 spiro atoms. The van der Waals surface area contributed by atoms with Crippen molar-refractivity contribution in [2.75, 3.05) is 13.2 Å². The smallest absolute Gasteiger partial charge is 0.417 e. The quantitative estimate of drug-likeness (QED) is 0.659. The lowest BCUT2D eigenvalue weighted by atomic mass is 10.0. The van der Waals surface area contributed by atoms with Gasteiger partial charge in [0.2, 0.25) is 0 Å². The third kappa shape index (κ3) is 1.80. The molecule has 0 radical (unpaired) electrons. The highest BCUT2D eigenvalue weighted by molar-refractivity contribution is 5.94. The van der Waals surface area contributed by atoms with Gasteiger partial charge in [-0.3, -0.25) is 4.79 Å². The highest BCUT2D eigenvalue weighted by atomic mass is 16.6. The third-order valence-electron chi connectivity index (χ3n) is 2.08. The van der Waals surface area contributed by atoms with Gasteiger partial charge >= 0.3 is 6.09 Å². The molecule has 0 aliphatic carbocycles. The van der Waals surface area contributed by atoms with E-state index >= 15 is 0 Å². The molecule has 74 valence electrons. The molecule has 0 saturated carbocycles. The Bertz CT molecular complexity index is 226. The van der Waals surface area contributed by atoms with Crippen LogP contribution in [0.15, 0.2) is 0 Å². The van der Waals surface area contributed by atoms with Gasteiger partial charge in [-0.15, -0.1) is 0 Å². The summed E-state index contributed by atoms with van der Waals surface area (Å²) in [7, 11) is 0. The summed E-state index contributed by atoms with van der Waals surface area (Å²) in [4.78, 5) is 23.2. The number of rotatable bonds is 2. The molecule has 5 heteroatoms. The zero-order chi connectivity index (χ0) is 10.0. The van der Waals surface area contributed by atoms with Crippen molar-refractivity contribution in [1.82, 2.24) is 4.90 Å². The topological polar surface area (TPSA) is 66.8 Å². The lowest BCUT2D eigenvalue weighted by Crippen LogP contribution is -2.43. The Morgan fingerprint density at radius 2 is 2.38 bits per heavy atom. The summed E-state index contributed by atoms with van der Waals surface area (Å²) in [6, 6.07) is -0.243. The number of amides is 2. The molecule has 0 unspecified atom stereocenters. The normalized spacial score (nSPS) is 22.3. The summed E-state index contributed by atoms with van der Waals surface area (Å²) < 4.78 is 4.72. The largest absolute Gasteiger partial charge is 0.447 e. The van der Waals surface area contributed by atoms with E-state index in [0.717, 1.165) is 4.90 Å². The van der Waals surface area contributed by atoms with Crippen molar-refractivity contribution in [2.24, 2.45) is 5.92 Å². The molecule has 1 aliphatic heterocycles. The maximum absolute atomic E-state index is 11.1. The molecule has 1 fully saturated rings. The van der Waals surface area contributed by atoms with E-state index in [1.54, 1.807) is 0 Å². The number of hydrogen-bond acceptors (Lipinski definition) is 4. The predicted octanol–water partition coefficient (Wildman–Crippen LogP) is -0.0179. The van der Waals surface area contributed by atoms with E-state index in [2.05, 4.69) is 0 Å². The van der Waals surface area contributed by atoms with Crippen LogP contribution in [0.3, 0.4) is 0 Å². The Labute approximate surface area is 76.3 Å². The maximum atomic E-state index is 11.1. The summed E-state index contributed by atoms with van der Waals surface area (Å²) in [5, 5.41) is 8.61. The number of nitrogens with zero attached hydrogens (tertiary/aromatic N) is 1. The number of carbonyl (C=O) groups excluding carboxylic acids is 2. The second-order valence-electron chi connectivity index (χ2n) is 3.31. The zero-order valence-corrected chi connectivity index (χ0v) is 7.69. The van der Waals surface area contributed by atoms with Crippen molar-refractivity contribution in [3.8, 4) is 0 Å². The number of aliphatic hydroxyl groups is 1. The lowest BCUT2D eigenvalue weighted by molar-refractivity contribution is -0.132. The molecule has 1 N–H and O–H groups in total. The average molecular weight is 187 g/mol. The molecule has 0 aromatic heterocycles. The molecule has 1 rings (SSSR count). The van der Waals surface area contributed by atoms with E-state index in [9.17, 15) is 9.59 Å². The fraction of sp³-hybridized carbons (Fsp3) is 0.750. The van der Waals surface area contributed by atoms with Crippen molar-refractivity contribution < 1.29 is 19.4 Å². The first kappa shape index (κ1) is 9.98. The molecule has 13 heavy (non-hydrogen) atoms. The van der Waals surface area contributed by atoms with E-state index < -0.39 is 18.6 Å². The van der Waals surface area contributed by atoms with E-state index in [1.165, 1.54) is 0 Å². The van der Waals surface area contributed by atoms with Crippen LogP contribution in [0.2, 0.25) is 0 Å². The van der Waals surface area contributed by atoms with Crippen LogP contribution >= 0.6 is 0 Å². The number of carbonyl (C=O) groups is 2. The average Bonchev–Trinajstić information content (AvgIpc) is 2.46. The van der Waals surface area contributed by atoms with Crippen LogP contribution in [-0.4, -0.2) is 41.3 Å². The van der Waals surface area contributed by atoms with Gasteiger partial charge in [0.05, 0.1) is 6.04 Å². The molecular weight excluding hydrogens is 174 g/mol. The molecule has 1 aliphatic rings. The molecule has 0 bridgehead atoms. The summed E-state index contributed by atoms with van der Waals surface area (Å²) >= 11 is 0. The fourth-order valence-electron chi connectivity index (χ4n) is 1.29. The minimum atomic E-state index is -0.655. The van der Waals surface area contributed by atoms with Gasteiger partial charge in [0.1, 0.15) is 13.2 Å². The van der Waals surface area contributed by atoms with E-state index in [1.807, 2.05) is 13.8 Å². The standard InChI is InChI=1S/C8H13NO4/c1-5(2)6-4-13-8(12)9(6)7(11)3-10/h5-6,10H,3-4H2,1-2H3/t6-/m1/s1. The molecule has 2 amide bonds. The Morgan fingerprint density at radius 3 is 2.85 bits per heavy atom. The van der Waals surface area contributed by atoms with Crippen LogP contribution in [0.4, 0.5) is 4.79 Å². The van der Waals surface area contributed by atoms with E-state index in [4.69, 9.17) is 9.84 Å². The number of ether oxygens (including phenoxy) is 1. The molecule has 1 atom stereocenters. The molecule has 1 saturated heterocycles. The van der Waals surface area contributed by atoms with Gasteiger partial charge < -0.3 is 9.84 Å². The van der Waals surface area contributed by atoms with Gasteiger partial charge in [-0.05, 0) is 5.92 Å². The van der Waals surface area contributed by atoms with Crippen LogP contribution in [0.1, 0.15) is 13.8 Å². The molecular formula is C8H13NO4. The van der Waals surface area contributed by atoms with E-state index in [0.29, 0.717) is 0 Å². The van der Waals surface area contributed by atoms with Crippen LogP contribution < -0.4 is 0 Å². The number of hydrogen-bond donors (Lipinski definition) is 1. The van der Waals surface area contributed by atoms with Crippen LogP contribution in [0, 0.1) is 5.92 Å². The zero-order valence-electron chi connectivity index (χ0n) is 7.69. The highest BCUT2D eigenvalue weighted by Gasteiger charge is 2.38. The van der Waals surface area contributed by atoms with Crippen molar-refractivity contribution >= 4 is 12.0 Å². The van der Waals surface area contributed by atoms with Gasteiger partial charge in [0.15, 0.2) is 0 Å². The van der Waals surface area contributed by atoms with Crippen LogP contribution in [-0.2, 0) is 9.53 Å². The monoisotopic (exact) mass is 187 g/mol. The van der Waals surface area contributed by atoms with Crippen molar-refractivity contribution in [3.63, 3.8) is 0 Å². The summed E-state index contributed by atoms with van der Waals surface area (Å²) in [6.45, 7) is 3.36. The first-order chi connectivity index (χ1) is 6.07.